The Balaban J connectivity index is 1.63. The number of likely N-dealkylation sites (N-methyl/N-ethyl adjacent to an activating group) is 1. The van der Waals surface area contributed by atoms with E-state index in [0.717, 1.165) is 48.3 Å². The number of anilines is 2. The molecule has 0 radical (unpaired) electrons. The molecule has 2 saturated heterocycles. The Morgan fingerprint density at radius 1 is 1.21 bits per heavy atom. The first kappa shape index (κ1) is 23.5. The Labute approximate surface area is 196 Å². The molecule has 0 aliphatic carbocycles. The van der Waals surface area contributed by atoms with Gasteiger partial charge in [-0.15, -0.1) is 0 Å². The van der Waals surface area contributed by atoms with Gasteiger partial charge in [-0.3, -0.25) is 0 Å². The predicted octanol–water partition coefficient (Wildman–Crippen LogP) is 3.00. The molecule has 0 spiro atoms. The Morgan fingerprint density at radius 2 is 2.03 bits per heavy atom. The van der Waals surface area contributed by atoms with Gasteiger partial charge in [0.05, 0.1) is 24.7 Å². The molecule has 0 bridgehead atoms. The molecule has 1 atom stereocenters. The van der Waals surface area contributed by atoms with E-state index in [1.807, 2.05) is 31.1 Å². The van der Waals surface area contributed by atoms with Crippen LogP contribution >= 0.6 is 0 Å². The molecule has 2 fully saturated rings. The summed E-state index contributed by atoms with van der Waals surface area (Å²) in [7, 11) is 5.74. The molecule has 4 rings (SSSR count). The summed E-state index contributed by atoms with van der Waals surface area (Å²) in [6, 6.07) is 3.94. The zero-order valence-electron chi connectivity index (χ0n) is 20.0. The molecule has 1 aromatic carbocycles. The van der Waals surface area contributed by atoms with Crippen LogP contribution in [0.3, 0.4) is 0 Å². The van der Waals surface area contributed by atoms with Crippen molar-refractivity contribution in [1.82, 2.24) is 19.8 Å². The molecule has 2 aromatic rings. The lowest BCUT2D eigenvalue weighted by Gasteiger charge is -2.19. The number of nitrogens with zero attached hydrogens (tertiary/aromatic N) is 5. The van der Waals surface area contributed by atoms with Gasteiger partial charge in [-0.1, -0.05) is 11.8 Å². The average Bonchev–Trinajstić information content (AvgIpc) is 3.47. The second-order valence-electron chi connectivity index (χ2n) is 9.10. The lowest BCUT2D eigenvalue weighted by atomic mass is 10.1. The van der Waals surface area contributed by atoms with E-state index >= 15 is 0 Å². The highest BCUT2D eigenvalue weighted by Gasteiger charge is 2.25. The molecule has 2 aliphatic heterocycles. The number of rotatable bonds is 8. The second kappa shape index (κ2) is 11.0. The van der Waals surface area contributed by atoms with E-state index in [9.17, 15) is 4.39 Å². The molecule has 1 aromatic heterocycles. The van der Waals surface area contributed by atoms with Gasteiger partial charge in [0.15, 0.2) is 0 Å². The van der Waals surface area contributed by atoms with Crippen LogP contribution in [-0.4, -0.2) is 93.0 Å². The fraction of sp³-hybridized carbons (Fsp3) is 0.600. The third-order valence-electron chi connectivity index (χ3n) is 6.25. The second-order valence-corrected chi connectivity index (χ2v) is 9.10. The number of alkyl halides is 1. The van der Waals surface area contributed by atoms with Crippen molar-refractivity contribution >= 4 is 22.7 Å². The predicted molar refractivity (Wildman–Crippen MR) is 132 cm³/mol. The topological polar surface area (TPSA) is 56.8 Å². The third-order valence-corrected chi connectivity index (χ3v) is 6.25. The summed E-state index contributed by atoms with van der Waals surface area (Å²) >= 11 is 0. The summed E-state index contributed by atoms with van der Waals surface area (Å²) < 4.78 is 19.5. The van der Waals surface area contributed by atoms with E-state index in [0.29, 0.717) is 31.2 Å². The van der Waals surface area contributed by atoms with E-state index in [-0.39, 0.29) is 0 Å². The molecule has 178 valence electrons. The van der Waals surface area contributed by atoms with Crippen LogP contribution < -0.4 is 15.0 Å². The van der Waals surface area contributed by atoms with Gasteiger partial charge in [-0.2, -0.15) is 4.98 Å². The monoisotopic (exact) mass is 454 g/mol. The van der Waals surface area contributed by atoms with E-state index in [4.69, 9.17) is 14.7 Å². The van der Waals surface area contributed by atoms with Crippen LogP contribution in [-0.2, 0) is 0 Å². The maximum Gasteiger partial charge on any atom is 0.227 e. The SMILES string of the molecule is COc1cc2c(NCCN(C)C)nc(N3CC[C@@H](F)C3)nc2cc1C#CCCN1CCCC1. The molecule has 2 aliphatic rings. The minimum Gasteiger partial charge on any atom is -0.495 e. The summed E-state index contributed by atoms with van der Waals surface area (Å²) in [5.74, 6) is 8.62. The highest BCUT2D eigenvalue weighted by atomic mass is 19.1. The van der Waals surface area contributed by atoms with E-state index < -0.39 is 6.17 Å². The molecular formula is C25H35FN6O. The Hall–Kier alpha value is -2.63. The van der Waals surface area contributed by atoms with Crippen molar-refractivity contribution in [2.75, 3.05) is 77.2 Å². The number of halogens is 1. The van der Waals surface area contributed by atoms with Gasteiger partial charge >= 0.3 is 0 Å². The summed E-state index contributed by atoms with van der Waals surface area (Å²) in [6.45, 7) is 5.94. The molecule has 3 heterocycles. The van der Waals surface area contributed by atoms with E-state index in [1.54, 1.807) is 7.11 Å². The van der Waals surface area contributed by atoms with Crippen LogP contribution in [0.4, 0.5) is 16.2 Å². The largest absolute Gasteiger partial charge is 0.495 e. The minimum absolute atomic E-state index is 0.335. The fourth-order valence-electron chi connectivity index (χ4n) is 4.36. The van der Waals surface area contributed by atoms with Crippen LogP contribution in [0, 0.1) is 11.8 Å². The van der Waals surface area contributed by atoms with Crippen LogP contribution in [0.15, 0.2) is 12.1 Å². The number of methoxy groups -OCH3 is 1. The van der Waals surface area contributed by atoms with Gasteiger partial charge < -0.3 is 24.8 Å². The van der Waals surface area contributed by atoms with Gasteiger partial charge in [0, 0.05) is 38.0 Å². The van der Waals surface area contributed by atoms with Crippen LogP contribution in [0.25, 0.3) is 10.9 Å². The van der Waals surface area contributed by atoms with Gasteiger partial charge in [0.25, 0.3) is 0 Å². The molecule has 0 unspecified atom stereocenters. The van der Waals surface area contributed by atoms with Crippen molar-refractivity contribution in [1.29, 1.82) is 0 Å². The smallest absolute Gasteiger partial charge is 0.227 e. The number of hydrogen-bond donors (Lipinski definition) is 1. The van der Waals surface area contributed by atoms with Gasteiger partial charge in [-0.05, 0) is 58.6 Å². The van der Waals surface area contributed by atoms with Crippen molar-refractivity contribution < 1.29 is 9.13 Å². The number of hydrogen-bond acceptors (Lipinski definition) is 7. The van der Waals surface area contributed by atoms with Gasteiger partial charge in [-0.25, -0.2) is 9.37 Å². The highest BCUT2D eigenvalue weighted by Crippen LogP contribution is 2.31. The molecular weight excluding hydrogens is 419 g/mol. The molecule has 0 saturated carbocycles. The van der Waals surface area contributed by atoms with Crippen molar-refractivity contribution in [2.45, 2.75) is 31.9 Å². The Morgan fingerprint density at radius 3 is 2.73 bits per heavy atom. The van der Waals surface area contributed by atoms with Crippen molar-refractivity contribution in [3.63, 3.8) is 0 Å². The zero-order chi connectivity index (χ0) is 23.2. The normalized spacial score (nSPS) is 18.7. The first-order chi connectivity index (χ1) is 16.0. The lowest BCUT2D eigenvalue weighted by Crippen LogP contribution is -2.24. The Kier molecular flexibility index (Phi) is 7.84. The number of fused-ring (bicyclic) bond motifs is 1. The highest BCUT2D eigenvalue weighted by molar-refractivity contribution is 5.92. The van der Waals surface area contributed by atoms with E-state index in [1.165, 1.54) is 25.9 Å². The average molecular weight is 455 g/mol. The lowest BCUT2D eigenvalue weighted by molar-refractivity contribution is 0.348. The van der Waals surface area contributed by atoms with Crippen LogP contribution in [0.1, 0.15) is 31.2 Å². The van der Waals surface area contributed by atoms with Crippen LogP contribution in [0.5, 0.6) is 5.75 Å². The molecule has 33 heavy (non-hydrogen) atoms. The van der Waals surface area contributed by atoms with E-state index in [2.05, 4.69) is 27.0 Å². The summed E-state index contributed by atoms with van der Waals surface area (Å²) in [6.07, 6.45) is 3.10. The third kappa shape index (κ3) is 6.04. The van der Waals surface area contributed by atoms with Crippen molar-refractivity contribution in [3.8, 4) is 17.6 Å². The first-order valence-corrected chi connectivity index (χ1v) is 11.9. The first-order valence-electron chi connectivity index (χ1n) is 11.9. The zero-order valence-corrected chi connectivity index (χ0v) is 20.0. The van der Waals surface area contributed by atoms with Crippen molar-refractivity contribution in [3.05, 3.63) is 17.7 Å². The van der Waals surface area contributed by atoms with Crippen molar-refractivity contribution in [2.24, 2.45) is 0 Å². The number of likely N-dealkylation sites (tertiary alicyclic amines) is 1. The molecule has 0 amide bonds. The number of ether oxygens (including phenoxy) is 1. The summed E-state index contributed by atoms with van der Waals surface area (Å²) in [5.41, 5.74) is 1.61. The number of aromatic nitrogens is 2. The summed E-state index contributed by atoms with van der Waals surface area (Å²) in [4.78, 5) is 16.0. The van der Waals surface area contributed by atoms with Crippen LogP contribution in [0.2, 0.25) is 0 Å². The summed E-state index contributed by atoms with van der Waals surface area (Å²) in [5, 5.41) is 4.32. The maximum absolute atomic E-state index is 13.9. The quantitative estimate of drug-likeness (QED) is 0.616. The molecule has 1 N–H and O–H groups in total. The van der Waals surface area contributed by atoms with Gasteiger partial charge in [0.2, 0.25) is 5.95 Å². The van der Waals surface area contributed by atoms with Gasteiger partial charge in [0.1, 0.15) is 17.7 Å². The fourth-order valence-corrected chi connectivity index (χ4v) is 4.36. The Bertz CT molecular complexity index is 1010. The molecule has 7 nitrogen and oxygen atoms in total. The molecule has 8 heteroatoms. The standard InChI is InChI=1S/C25H35FN6O/c1-30(2)15-10-27-24-21-17-23(33-3)19(8-4-5-11-31-12-6-7-13-31)16-22(21)28-25(29-24)32-14-9-20(26)18-32/h16-17,20H,5-7,9-15,18H2,1-3H3,(H,27,28,29)/t20-/m1/s1. The number of nitrogens with one attached hydrogen (secondary N) is 1. The minimum atomic E-state index is -0.831. The maximum atomic E-state index is 13.9. The number of benzene rings is 1.